The molecule has 1 aliphatic rings. The van der Waals surface area contributed by atoms with E-state index in [2.05, 4.69) is 0 Å². The third-order valence-electron chi connectivity index (χ3n) is 4.81. The maximum atomic E-state index is 13.0. The molecule has 0 aliphatic carbocycles. The molecule has 0 radical (unpaired) electrons. The molecule has 0 unspecified atom stereocenters. The number of aryl methyl sites for hydroxylation is 1. The maximum Gasteiger partial charge on any atom is 0.246 e. The van der Waals surface area contributed by atoms with E-state index in [9.17, 15) is 12.8 Å². The highest BCUT2D eigenvalue weighted by Gasteiger charge is 2.31. The van der Waals surface area contributed by atoms with Crippen LogP contribution in [-0.2, 0) is 10.0 Å². The number of nitrogens with zero attached hydrogens (tertiary/aromatic N) is 1. The summed E-state index contributed by atoms with van der Waals surface area (Å²) >= 11 is 0. The Morgan fingerprint density at radius 3 is 2.41 bits per heavy atom. The van der Waals surface area contributed by atoms with E-state index >= 15 is 0 Å². The number of benzene rings is 2. The molecule has 0 N–H and O–H groups in total. The summed E-state index contributed by atoms with van der Waals surface area (Å²) in [6.07, 6.45) is 1.43. The van der Waals surface area contributed by atoms with E-state index in [0.29, 0.717) is 44.0 Å². The lowest BCUT2D eigenvalue weighted by atomic mass is 9.99. The van der Waals surface area contributed by atoms with Gasteiger partial charge in [-0.15, -0.1) is 0 Å². The molecule has 0 bridgehead atoms. The van der Waals surface area contributed by atoms with Gasteiger partial charge in [0.15, 0.2) is 0 Å². The average molecular weight is 393 g/mol. The monoisotopic (exact) mass is 393 g/mol. The van der Waals surface area contributed by atoms with Gasteiger partial charge in [-0.25, -0.2) is 12.8 Å². The molecule has 0 aromatic heterocycles. The fourth-order valence-electron chi connectivity index (χ4n) is 3.19. The smallest absolute Gasteiger partial charge is 0.246 e. The minimum Gasteiger partial charge on any atom is -0.495 e. The molecule has 1 fully saturated rings. The van der Waals surface area contributed by atoms with Crippen molar-refractivity contribution >= 4 is 10.0 Å². The molecule has 1 saturated heterocycles. The molecule has 1 aliphatic heterocycles. The zero-order chi connectivity index (χ0) is 19.4. The SMILES string of the molecule is COc1ccc(C)cc1S(=O)(=O)N1CCC(COc2ccc(F)cc2)CC1. The fraction of sp³-hybridized carbons (Fsp3) is 0.400. The second-order valence-corrected chi connectivity index (χ2v) is 8.67. The minimum atomic E-state index is -3.60. The van der Waals surface area contributed by atoms with Crippen LogP contribution in [0.1, 0.15) is 18.4 Å². The van der Waals surface area contributed by atoms with Crippen molar-refractivity contribution in [1.29, 1.82) is 0 Å². The zero-order valence-corrected chi connectivity index (χ0v) is 16.3. The predicted molar refractivity (Wildman–Crippen MR) is 101 cm³/mol. The summed E-state index contributed by atoms with van der Waals surface area (Å²) in [6.45, 7) is 3.23. The van der Waals surface area contributed by atoms with E-state index in [-0.39, 0.29) is 16.6 Å². The Balaban J connectivity index is 1.61. The Kier molecular flexibility index (Phi) is 6.01. The summed E-state index contributed by atoms with van der Waals surface area (Å²) in [7, 11) is -2.12. The van der Waals surface area contributed by atoms with Crippen molar-refractivity contribution in [3.8, 4) is 11.5 Å². The molecule has 1 heterocycles. The van der Waals surface area contributed by atoms with Gasteiger partial charge in [-0.3, -0.25) is 0 Å². The van der Waals surface area contributed by atoms with Gasteiger partial charge in [-0.05, 0) is 67.6 Å². The van der Waals surface area contributed by atoms with Crippen LogP contribution in [0.25, 0.3) is 0 Å². The Morgan fingerprint density at radius 2 is 1.78 bits per heavy atom. The first-order chi connectivity index (χ1) is 12.9. The molecule has 5 nitrogen and oxygen atoms in total. The summed E-state index contributed by atoms with van der Waals surface area (Å²) in [5, 5.41) is 0. The van der Waals surface area contributed by atoms with Crippen molar-refractivity contribution in [3.05, 3.63) is 53.8 Å². The van der Waals surface area contributed by atoms with Crippen LogP contribution in [0.5, 0.6) is 11.5 Å². The summed E-state index contributed by atoms with van der Waals surface area (Å²) in [6, 6.07) is 11.1. The largest absolute Gasteiger partial charge is 0.495 e. The molecule has 0 spiro atoms. The van der Waals surface area contributed by atoms with Gasteiger partial charge in [0.2, 0.25) is 10.0 Å². The third-order valence-corrected chi connectivity index (χ3v) is 6.73. The van der Waals surface area contributed by atoms with Crippen molar-refractivity contribution < 1.29 is 22.3 Å². The van der Waals surface area contributed by atoms with Crippen molar-refractivity contribution in [2.45, 2.75) is 24.7 Å². The molecule has 2 aromatic rings. The number of hydrogen-bond donors (Lipinski definition) is 0. The molecule has 7 heteroatoms. The molecule has 0 atom stereocenters. The second kappa shape index (κ2) is 8.27. The minimum absolute atomic E-state index is 0.214. The van der Waals surface area contributed by atoms with Crippen LogP contribution in [0.15, 0.2) is 47.4 Å². The van der Waals surface area contributed by atoms with Gasteiger partial charge < -0.3 is 9.47 Å². The normalized spacial score (nSPS) is 16.3. The highest BCUT2D eigenvalue weighted by molar-refractivity contribution is 7.89. The van der Waals surface area contributed by atoms with Crippen LogP contribution in [0.2, 0.25) is 0 Å². The maximum absolute atomic E-state index is 13.0. The average Bonchev–Trinajstić information content (AvgIpc) is 2.68. The van der Waals surface area contributed by atoms with Gasteiger partial charge in [0.25, 0.3) is 0 Å². The number of sulfonamides is 1. The second-order valence-electron chi connectivity index (χ2n) is 6.77. The lowest BCUT2D eigenvalue weighted by molar-refractivity contribution is 0.185. The highest BCUT2D eigenvalue weighted by Crippen LogP contribution is 2.30. The zero-order valence-electron chi connectivity index (χ0n) is 15.5. The number of rotatable bonds is 6. The summed E-state index contributed by atoms with van der Waals surface area (Å²) < 4.78 is 51.4. The summed E-state index contributed by atoms with van der Waals surface area (Å²) in [5.74, 6) is 0.951. The molecule has 3 rings (SSSR count). The van der Waals surface area contributed by atoms with Crippen LogP contribution >= 0.6 is 0 Å². The fourth-order valence-corrected chi connectivity index (χ4v) is 4.90. The van der Waals surface area contributed by atoms with Crippen LogP contribution in [0.4, 0.5) is 4.39 Å². The van der Waals surface area contributed by atoms with E-state index in [1.807, 2.05) is 13.0 Å². The van der Waals surface area contributed by atoms with Crippen LogP contribution < -0.4 is 9.47 Å². The number of halogens is 1. The molecule has 27 heavy (non-hydrogen) atoms. The first-order valence-corrected chi connectivity index (χ1v) is 10.4. The Labute approximate surface area is 159 Å². The lowest BCUT2D eigenvalue weighted by Gasteiger charge is -2.31. The first-order valence-electron chi connectivity index (χ1n) is 8.93. The van der Waals surface area contributed by atoms with E-state index in [1.54, 1.807) is 24.3 Å². The van der Waals surface area contributed by atoms with Gasteiger partial charge in [-0.1, -0.05) is 6.07 Å². The van der Waals surface area contributed by atoms with Gasteiger partial charge in [0, 0.05) is 13.1 Å². The molecule has 0 amide bonds. The van der Waals surface area contributed by atoms with E-state index < -0.39 is 10.0 Å². The highest BCUT2D eigenvalue weighted by atomic mass is 32.2. The Hall–Kier alpha value is -2.12. The third kappa shape index (κ3) is 4.59. The molecule has 0 saturated carbocycles. The molecule has 146 valence electrons. The van der Waals surface area contributed by atoms with Crippen LogP contribution in [-0.4, -0.2) is 39.5 Å². The van der Waals surface area contributed by atoms with Crippen molar-refractivity contribution in [2.24, 2.45) is 5.92 Å². The summed E-state index contributed by atoms with van der Waals surface area (Å²) in [5.41, 5.74) is 0.872. The summed E-state index contributed by atoms with van der Waals surface area (Å²) in [4.78, 5) is 0.214. The lowest BCUT2D eigenvalue weighted by Crippen LogP contribution is -2.39. The van der Waals surface area contributed by atoms with E-state index in [4.69, 9.17) is 9.47 Å². The van der Waals surface area contributed by atoms with Crippen molar-refractivity contribution in [3.63, 3.8) is 0 Å². The number of ether oxygens (including phenoxy) is 2. The quantitative estimate of drug-likeness (QED) is 0.752. The van der Waals surface area contributed by atoms with Gasteiger partial charge in [0.1, 0.15) is 22.2 Å². The number of piperidine rings is 1. The first kappa shape index (κ1) is 19.6. The van der Waals surface area contributed by atoms with Crippen molar-refractivity contribution in [1.82, 2.24) is 4.31 Å². The predicted octanol–water partition coefficient (Wildman–Crippen LogP) is 3.62. The van der Waals surface area contributed by atoms with Crippen LogP contribution in [0.3, 0.4) is 0 Å². The number of hydrogen-bond acceptors (Lipinski definition) is 4. The Morgan fingerprint density at radius 1 is 1.11 bits per heavy atom. The Bertz CT molecular complexity index is 875. The molecular weight excluding hydrogens is 369 g/mol. The van der Waals surface area contributed by atoms with Crippen LogP contribution in [0, 0.1) is 18.7 Å². The standard InChI is InChI=1S/C20H24FNO4S/c1-15-3-8-19(25-2)20(13-15)27(23,24)22-11-9-16(10-12-22)14-26-18-6-4-17(21)5-7-18/h3-8,13,16H,9-12,14H2,1-2H3. The van der Waals surface area contributed by atoms with Crippen molar-refractivity contribution in [2.75, 3.05) is 26.8 Å². The van der Waals surface area contributed by atoms with E-state index in [1.165, 1.54) is 23.5 Å². The van der Waals surface area contributed by atoms with E-state index in [0.717, 1.165) is 5.56 Å². The topological polar surface area (TPSA) is 55.8 Å². The molecule has 2 aromatic carbocycles. The van der Waals surface area contributed by atoms with Gasteiger partial charge in [0.05, 0.1) is 13.7 Å². The van der Waals surface area contributed by atoms with Gasteiger partial charge >= 0.3 is 0 Å². The van der Waals surface area contributed by atoms with Gasteiger partial charge in [-0.2, -0.15) is 4.31 Å². The molecular formula is C20H24FNO4S. The number of methoxy groups -OCH3 is 1.